The van der Waals surface area contributed by atoms with Gasteiger partial charge in [0.05, 0.1) is 12.5 Å². The average Bonchev–Trinajstić information content (AvgIpc) is 3.27. The molecule has 0 saturated carbocycles. The van der Waals surface area contributed by atoms with Gasteiger partial charge in [0.2, 0.25) is 17.7 Å². The number of benzene rings is 1. The molecule has 5 unspecified atom stereocenters. The Morgan fingerprint density at radius 2 is 1.57 bits per heavy atom. The summed E-state index contributed by atoms with van der Waals surface area (Å²) in [5, 5.41) is 26.8. The highest BCUT2D eigenvalue weighted by Gasteiger charge is 2.32. The zero-order chi connectivity index (χ0) is 27.7. The minimum atomic E-state index is -1.60. The van der Waals surface area contributed by atoms with Crippen LogP contribution < -0.4 is 21.7 Å². The van der Waals surface area contributed by atoms with Crippen LogP contribution >= 0.6 is 12.6 Å². The van der Waals surface area contributed by atoms with Crippen molar-refractivity contribution < 1.29 is 34.2 Å². The number of H-pyrrole nitrogens is 1. The maximum absolute atomic E-state index is 12.9. The molecule has 3 amide bonds. The van der Waals surface area contributed by atoms with Crippen LogP contribution in [0.15, 0.2) is 30.5 Å². The topological polar surface area (TPSA) is 204 Å². The molecule has 0 aliphatic rings. The number of carboxylic acids is 2. The van der Waals surface area contributed by atoms with Crippen LogP contribution in [0, 0.1) is 5.92 Å². The maximum atomic E-state index is 12.9. The van der Waals surface area contributed by atoms with Gasteiger partial charge in [0.1, 0.15) is 18.1 Å². The second-order valence-corrected chi connectivity index (χ2v) is 9.14. The lowest BCUT2D eigenvalue weighted by molar-refractivity contribution is -0.143. The number of nitrogens with two attached hydrogens (primary N) is 1. The highest BCUT2D eigenvalue weighted by Crippen LogP contribution is 2.19. The van der Waals surface area contributed by atoms with E-state index in [2.05, 4.69) is 33.6 Å². The number of carbonyl (C=O) groups excluding carboxylic acids is 3. The minimum absolute atomic E-state index is 0.0817. The highest BCUT2D eigenvalue weighted by atomic mass is 32.1. The van der Waals surface area contributed by atoms with Crippen molar-refractivity contribution in [3.8, 4) is 0 Å². The van der Waals surface area contributed by atoms with Crippen molar-refractivity contribution in [3.63, 3.8) is 0 Å². The zero-order valence-corrected chi connectivity index (χ0v) is 21.5. The molecular weight excluding hydrogens is 502 g/mol. The van der Waals surface area contributed by atoms with Crippen LogP contribution in [0.3, 0.4) is 0 Å². The number of hydrogen-bond donors (Lipinski definition) is 8. The number of fused-ring (bicyclic) bond motifs is 1. The summed E-state index contributed by atoms with van der Waals surface area (Å²) in [6.45, 7) is 3.64. The molecule has 1 heterocycles. The van der Waals surface area contributed by atoms with Crippen LogP contribution in [0.1, 0.15) is 32.3 Å². The van der Waals surface area contributed by atoms with Gasteiger partial charge in [-0.1, -0.05) is 38.5 Å². The average molecular weight is 536 g/mol. The lowest BCUT2D eigenvalue weighted by atomic mass is 9.99. The smallest absolute Gasteiger partial charge is 0.326 e. The standard InChI is InChI=1S/C24H33N5O7S/c1-3-12(2)20(25)23(34)29-18(11-37)22(33)27-16(9-19(30)31)21(32)28-17(24(35)36)8-13-10-26-15-7-5-4-6-14(13)15/h4-7,10,12,16-18,20,26,37H,3,8-9,11,25H2,1-2H3,(H,27,33)(H,28,32)(H,29,34)(H,30,31)(H,35,36). The van der Waals surface area contributed by atoms with Gasteiger partial charge in [-0.3, -0.25) is 19.2 Å². The van der Waals surface area contributed by atoms with Crippen LogP contribution in [0.4, 0.5) is 0 Å². The molecule has 0 bridgehead atoms. The Hall–Kier alpha value is -3.58. The summed E-state index contributed by atoms with van der Waals surface area (Å²) in [7, 11) is 0. The van der Waals surface area contributed by atoms with E-state index >= 15 is 0 Å². The van der Waals surface area contributed by atoms with Crippen molar-refractivity contribution in [2.24, 2.45) is 11.7 Å². The fourth-order valence-corrected chi connectivity index (χ4v) is 3.88. The second-order valence-electron chi connectivity index (χ2n) is 8.78. The number of thiol groups is 1. The lowest BCUT2D eigenvalue weighted by Crippen LogP contribution is -2.58. The number of carbonyl (C=O) groups is 5. The summed E-state index contributed by atoms with van der Waals surface area (Å²) >= 11 is 4.06. The molecule has 0 aliphatic carbocycles. The second kappa shape index (κ2) is 13.7. The van der Waals surface area contributed by atoms with Gasteiger partial charge < -0.3 is 36.9 Å². The number of aliphatic carboxylic acids is 2. The fourth-order valence-electron chi connectivity index (χ4n) is 3.62. The van der Waals surface area contributed by atoms with Crippen LogP contribution in [0.5, 0.6) is 0 Å². The summed E-state index contributed by atoms with van der Waals surface area (Å²) in [4.78, 5) is 64.4. The van der Waals surface area contributed by atoms with E-state index in [4.69, 9.17) is 5.73 Å². The van der Waals surface area contributed by atoms with E-state index < -0.39 is 60.2 Å². The Labute approximate surface area is 219 Å². The van der Waals surface area contributed by atoms with E-state index in [1.807, 2.05) is 19.1 Å². The molecule has 5 atom stereocenters. The fraction of sp³-hybridized carbons (Fsp3) is 0.458. The van der Waals surface area contributed by atoms with Crippen molar-refractivity contribution in [1.29, 1.82) is 0 Å². The lowest BCUT2D eigenvalue weighted by Gasteiger charge is -2.25. The number of aromatic nitrogens is 1. The van der Waals surface area contributed by atoms with Crippen molar-refractivity contribution in [2.75, 3.05) is 5.75 Å². The van der Waals surface area contributed by atoms with Gasteiger partial charge in [-0.15, -0.1) is 0 Å². The summed E-state index contributed by atoms with van der Waals surface area (Å²) in [5.41, 5.74) is 7.32. The molecule has 12 nitrogen and oxygen atoms in total. The number of carboxylic acid groups (broad SMARTS) is 2. The first-order valence-corrected chi connectivity index (χ1v) is 12.4. The Balaban J connectivity index is 2.13. The maximum Gasteiger partial charge on any atom is 0.326 e. The number of amides is 3. The van der Waals surface area contributed by atoms with Gasteiger partial charge in [0, 0.05) is 29.3 Å². The summed E-state index contributed by atoms with van der Waals surface area (Å²) in [6, 6.07) is 2.16. The summed E-state index contributed by atoms with van der Waals surface area (Å²) in [6.07, 6.45) is 1.38. The zero-order valence-electron chi connectivity index (χ0n) is 20.6. The molecule has 1 aromatic carbocycles. The van der Waals surface area contributed by atoms with E-state index in [0.29, 0.717) is 12.0 Å². The molecule has 202 valence electrons. The van der Waals surface area contributed by atoms with E-state index in [1.165, 1.54) is 0 Å². The molecular formula is C24H33N5O7S. The Morgan fingerprint density at radius 3 is 2.16 bits per heavy atom. The summed E-state index contributed by atoms with van der Waals surface area (Å²) < 4.78 is 0. The van der Waals surface area contributed by atoms with Gasteiger partial charge in [-0.05, 0) is 17.5 Å². The predicted molar refractivity (Wildman–Crippen MR) is 139 cm³/mol. The molecule has 37 heavy (non-hydrogen) atoms. The van der Waals surface area contributed by atoms with Crippen molar-refractivity contribution in [3.05, 3.63) is 36.0 Å². The molecule has 0 spiro atoms. The van der Waals surface area contributed by atoms with E-state index in [1.54, 1.807) is 25.3 Å². The number of aromatic amines is 1. The van der Waals surface area contributed by atoms with Gasteiger partial charge in [-0.25, -0.2) is 4.79 Å². The Bertz CT molecular complexity index is 1140. The monoisotopic (exact) mass is 535 g/mol. The van der Waals surface area contributed by atoms with Gasteiger partial charge >= 0.3 is 11.9 Å². The first-order valence-electron chi connectivity index (χ1n) is 11.8. The minimum Gasteiger partial charge on any atom is -0.481 e. The predicted octanol–water partition coefficient (Wildman–Crippen LogP) is 0.0273. The van der Waals surface area contributed by atoms with Crippen molar-refractivity contribution in [1.82, 2.24) is 20.9 Å². The number of nitrogens with one attached hydrogen (secondary N) is 4. The van der Waals surface area contributed by atoms with Crippen LogP contribution in [-0.2, 0) is 30.4 Å². The Kier molecular flexibility index (Phi) is 10.9. The first-order chi connectivity index (χ1) is 17.5. The van der Waals surface area contributed by atoms with Gasteiger partial charge in [0.25, 0.3) is 0 Å². The van der Waals surface area contributed by atoms with Gasteiger partial charge in [-0.2, -0.15) is 12.6 Å². The van der Waals surface area contributed by atoms with Crippen LogP contribution in [-0.4, -0.2) is 74.8 Å². The SMILES string of the molecule is CCC(C)C(N)C(=O)NC(CS)C(=O)NC(CC(=O)O)C(=O)NC(Cc1c[nH]c2ccccc12)C(=O)O. The number of para-hydroxylation sites is 1. The van der Waals surface area contributed by atoms with Crippen LogP contribution in [0.25, 0.3) is 10.9 Å². The molecule has 1 aromatic heterocycles. The quantitative estimate of drug-likeness (QED) is 0.155. The van der Waals surface area contributed by atoms with Crippen molar-refractivity contribution >= 4 is 53.2 Å². The van der Waals surface area contributed by atoms with Gasteiger partial charge in [0.15, 0.2) is 0 Å². The number of hydrogen-bond acceptors (Lipinski definition) is 7. The molecule has 0 radical (unpaired) electrons. The third-order valence-electron chi connectivity index (χ3n) is 6.10. The van der Waals surface area contributed by atoms with E-state index in [9.17, 15) is 34.2 Å². The third-order valence-corrected chi connectivity index (χ3v) is 6.47. The molecule has 0 fully saturated rings. The molecule has 13 heteroatoms. The molecule has 2 rings (SSSR count). The number of rotatable bonds is 14. The largest absolute Gasteiger partial charge is 0.481 e. The molecule has 8 N–H and O–H groups in total. The van der Waals surface area contributed by atoms with Crippen molar-refractivity contribution in [2.45, 2.75) is 57.3 Å². The molecule has 2 aromatic rings. The molecule has 0 saturated heterocycles. The Morgan fingerprint density at radius 1 is 0.973 bits per heavy atom. The molecule has 0 aliphatic heterocycles. The van der Waals surface area contributed by atoms with E-state index in [-0.39, 0.29) is 18.1 Å². The van der Waals surface area contributed by atoms with E-state index in [0.717, 1.165) is 10.9 Å². The third kappa shape index (κ3) is 8.22. The normalized spacial score (nSPS) is 15.1. The first kappa shape index (κ1) is 29.6. The van der Waals surface area contributed by atoms with Crippen LogP contribution in [0.2, 0.25) is 0 Å². The highest BCUT2D eigenvalue weighted by molar-refractivity contribution is 7.80. The summed E-state index contributed by atoms with van der Waals surface area (Å²) in [5.74, 6) is -5.47.